The lowest BCUT2D eigenvalue weighted by Crippen LogP contribution is -2.24. The predicted octanol–water partition coefficient (Wildman–Crippen LogP) is 0.0572. The van der Waals surface area contributed by atoms with Crippen LogP contribution in [-0.4, -0.2) is 30.6 Å². The zero-order valence-electron chi connectivity index (χ0n) is 7.45. The Bertz CT molecular complexity index is 254. The van der Waals surface area contributed by atoms with Gasteiger partial charge in [0.15, 0.2) is 5.78 Å². The van der Waals surface area contributed by atoms with E-state index >= 15 is 0 Å². The normalized spacial score (nSPS) is 22.5. The molecule has 0 radical (unpaired) electrons. The third-order valence-corrected chi connectivity index (χ3v) is 2.06. The fourth-order valence-corrected chi connectivity index (χ4v) is 1.42. The smallest absolute Gasteiger partial charge is 0.309 e. The van der Waals surface area contributed by atoms with E-state index in [1.54, 1.807) is 0 Å². The highest BCUT2D eigenvalue weighted by molar-refractivity contribution is 5.94. The van der Waals surface area contributed by atoms with Crippen LogP contribution in [0.5, 0.6) is 0 Å². The fourth-order valence-electron chi connectivity index (χ4n) is 1.42. The number of aliphatic hydroxyl groups is 1. The number of ketones is 1. The van der Waals surface area contributed by atoms with Crippen molar-refractivity contribution >= 4 is 11.8 Å². The van der Waals surface area contributed by atoms with E-state index in [2.05, 4.69) is 4.74 Å². The number of esters is 1. The Morgan fingerprint density at radius 3 is 2.92 bits per heavy atom. The highest BCUT2D eigenvalue weighted by Crippen LogP contribution is 2.22. The van der Waals surface area contributed by atoms with Gasteiger partial charge in [0.1, 0.15) is 0 Å². The summed E-state index contributed by atoms with van der Waals surface area (Å²) < 4.78 is 4.53. The first-order valence-electron chi connectivity index (χ1n) is 4.08. The topological polar surface area (TPSA) is 63.6 Å². The molecule has 1 unspecified atom stereocenters. The molecule has 0 heterocycles. The number of hydrogen-bond acceptors (Lipinski definition) is 4. The molecule has 1 N–H and O–H groups in total. The van der Waals surface area contributed by atoms with Crippen LogP contribution in [0.2, 0.25) is 0 Å². The monoisotopic (exact) mass is 184 g/mol. The Hall–Kier alpha value is -1.16. The van der Waals surface area contributed by atoms with Crippen molar-refractivity contribution in [2.75, 3.05) is 13.7 Å². The van der Waals surface area contributed by atoms with E-state index < -0.39 is 5.92 Å². The number of carbonyl (C=O) groups excluding carboxylic acids is 2. The van der Waals surface area contributed by atoms with Gasteiger partial charge in [0.2, 0.25) is 0 Å². The molecule has 0 saturated carbocycles. The Balaban J connectivity index is 2.69. The molecule has 1 aliphatic rings. The fraction of sp³-hybridized carbons (Fsp3) is 0.556. The van der Waals surface area contributed by atoms with Gasteiger partial charge in [0.25, 0.3) is 0 Å². The maximum Gasteiger partial charge on any atom is 0.309 e. The molecule has 0 saturated heterocycles. The first-order valence-corrected chi connectivity index (χ1v) is 4.08. The molecular weight excluding hydrogens is 172 g/mol. The first-order chi connectivity index (χ1) is 6.17. The number of hydrogen-bond donors (Lipinski definition) is 1. The summed E-state index contributed by atoms with van der Waals surface area (Å²) in [6.45, 7) is -0.167. The lowest BCUT2D eigenvalue weighted by molar-refractivity contribution is -0.147. The summed E-state index contributed by atoms with van der Waals surface area (Å²) in [4.78, 5) is 22.2. The van der Waals surface area contributed by atoms with E-state index in [4.69, 9.17) is 5.11 Å². The van der Waals surface area contributed by atoms with Crippen LogP contribution in [0.3, 0.4) is 0 Å². The lowest BCUT2D eigenvalue weighted by Gasteiger charge is -2.18. The van der Waals surface area contributed by atoms with E-state index in [1.807, 2.05) is 0 Å². The van der Waals surface area contributed by atoms with Gasteiger partial charge in [0.05, 0.1) is 19.6 Å². The maximum absolute atomic E-state index is 11.1. The molecule has 13 heavy (non-hydrogen) atoms. The maximum atomic E-state index is 11.1. The highest BCUT2D eigenvalue weighted by atomic mass is 16.5. The second-order valence-electron chi connectivity index (χ2n) is 3.06. The van der Waals surface area contributed by atoms with E-state index in [9.17, 15) is 9.59 Å². The molecule has 1 atom stereocenters. The van der Waals surface area contributed by atoms with E-state index in [0.29, 0.717) is 12.0 Å². The van der Waals surface area contributed by atoms with E-state index in [0.717, 1.165) is 0 Å². The summed E-state index contributed by atoms with van der Waals surface area (Å²) >= 11 is 0. The average molecular weight is 184 g/mol. The minimum atomic E-state index is -0.412. The molecule has 1 aliphatic carbocycles. The Kier molecular flexibility index (Phi) is 3.19. The van der Waals surface area contributed by atoms with Crippen molar-refractivity contribution in [1.29, 1.82) is 0 Å². The number of aliphatic hydroxyl groups excluding tert-OH is 1. The largest absolute Gasteiger partial charge is 0.469 e. The van der Waals surface area contributed by atoms with Crippen molar-refractivity contribution in [3.05, 3.63) is 11.6 Å². The summed E-state index contributed by atoms with van der Waals surface area (Å²) in [5.41, 5.74) is 0.603. The second kappa shape index (κ2) is 4.18. The molecule has 0 aliphatic heterocycles. The van der Waals surface area contributed by atoms with Crippen LogP contribution >= 0.6 is 0 Å². The Morgan fingerprint density at radius 2 is 2.38 bits per heavy atom. The lowest BCUT2D eigenvalue weighted by atomic mass is 9.88. The van der Waals surface area contributed by atoms with Gasteiger partial charge in [-0.2, -0.15) is 0 Å². The molecule has 1 rings (SSSR count). The molecular formula is C9H12O4. The van der Waals surface area contributed by atoms with Gasteiger partial charge in [-0.1, -0.05) is 0 Å². The summed E-state index contributed by atoms with van der Waals surface area (Å²) in [5.74, 6) is -0.914. The molecule has 0 aromatic rings. The summed E-state index contributed by atoms with van der Waals surface area (Å²) in [7, 11) is 1.30. The van der Waals surface area contributed by atoms with Crippen LogP contribution in [-0.2, 0) is 14.3 Å². The van der Waals surface area contributed by atoms with Crippen LogP contribution in [0, 0.1) is 5.92 Å². The van der Waals surface area contributed by atoms with Crippen molar-refractivity contribution < 1.29 is 19.4 Å². The number of ether oxygens (including phenoxy) is 1. The van der Waals surface area contributed by atoms with Crippen molar-refractivity contribution in [1.82, 2.24) is 0 Å². The van der Waals surface area contributed by atoms with Gasteiger partial charge >= 0.3 is 5.97 Å². The van der Waals surface area contributed by atoms with Crippen LogP contribution in [0.25, 0.3) is 0 Å². The number of rotatable bonds is 2. The van der Waals surface area contributed by atoms with Crippen LogP contribution in [0.1, 0.15) is 12.8 Å². The first kappa shape index (κ1) is 9.92. The van der Waals surface area contributed by atoms with Crippen LogP contribution in [0.15, 0.2) is 11.6 Å². The molecule has 0 amide bonds. The van der Waals surface area contributed by atoms with Crippen molar-refractivity contribution in [2.24, 2.45) is 5.92 Å². The van der Waals surface area contributed by atoms with Gasteiger partial charge in [-0.05, 0) is 18.1 Å². The highest BCUT2D eigenvalue weighted by Gasteiger charge is 2.26. The second-order valence-corrected chi connectivity index (χ2v) is 3.06. The van der Waals surface area contributed by atoms with E-state index in [1.165, 1.54) is 13.2 Å². The molecule has 4 nitrogen and oxygen atoms in total. The molecule has 0 spiro atoms. The predicted molar refractivity (Wildman–Crippen MR) is 44.9 cm³/mol. The summed E-state index contributed by atoms with van der Waals surface area (Å²) in [5, 5.41) is 8.81. The Labute approximate surface area is 76.2 Å². The SMILES string of the molecule is COC(=O)C1CC(=O)C=C(CO)C1. The van der Waals surface area contributed by atoms with Gasteiger partial charge in [-0.25, -0.2) is 0 Å². The zero-order valence-corrected chi connectivity index (χ0v) is 7.45. The number of carbonyl (C=O) groups is 2. The van der Waals surface area contributed by atoms with Gasteiger partial charge < -0.3 is 9.84 Å². The Morgan fingerprint density at radius 1 is 1.69 bits per heavy atom. The van der Waals surface area contributed by atoms with Crippen molar-refractivity contribution in [2.45, 2.75) is 12.8 Å². The molecule has 0 aromatic carbocycles. The summed E-state index contributed by atoms with van der Waals surface area (Å²) in [6, 6.07) is 0. The van der Waals surface area contributed by atoms with Gasteiger partial charge in [-0.15, -0.1) is 0 Å². The quantitative estimate of drug-likeness (QED) is 0.616. The average Bonchev–Trinajstić information content (AvgIpc) is 2.15. The third-order valence-electron chi connectivity index (χ3n) is 2.06. The molecule has 0 bridgehead atoms. The van der Waals surface area contributed by atoms with Gasteiger partial charge in [0, 0.05) is 6.42 Å². The molecule has 0 aromatic heterocycles. The minimum absolute atomic E-state index is 0.120. The van der Waals surface area contributed by atoms with Crippen LogP contribution < -0.4 is 0 Å². The third kappa shape index (κ3) is 2.39. The molecule has 4 heteroatoms. The van der Waals surface area contributed by atoms with Crippen molar-refractivity contribution in [3.8, 4) is 0 Å². The minimum Gasteiger partial charge on any atom is -0.469 e. The molecule has 0 fully saturated rings. The zero-order chi connectivity index (χ0) is 9.84. The van der Waals surface area contributed by atoms with Crippen LogP contribution in [0.4, 0.5) is 0 Å². The summed E-state index contributed by atoms with van der Waals surface area (Å²) in [6.07, 6.45) is 2.02. The number of methoxy groups -OCH3 is 1. The standard InChI is InChI=1S/C9H12O4/c1-13-9(12)7-2-6(5-10)3-8(11)4-7/h3,7,10H,2,4-5H2,1H3. The molecule has 72 valence electrons. The van der Waals surface area contributed by atoms with E-state index in [-0.39, 0.29) is 24.8 Å². The number of allylic oxidation sites excluding steroid dienone is 1. The van der Waals surface area contributed by atoms with Gasteiger partial charge in [-0.3, -0.25) is 9.59 Å². The van der Waals surface area contributed by atoms with Crippen molar-refractivity contribution in [3.63, 3.8) is 0 Å².